The molecular formula is C13H13ClFNO4S. The van der Waals surface area contributed by atoms with Gasteiger partial charge in [0, 0.05) is 16.2 Å². The van der Waals surface area contributed by atoms with Crippen molar-refractivity contribution in [3.8, 4) is 0 Å². The SMILES string of the molecule is O=C(NC1CC2CCC1O2)c1ccc(F)c(S(=O)(=O)Cl)c1. The van der Waals surface area contributed by atoms with E-state index in [1.807, 2.05) is 0 Å². The lowest BCUT2D eigenvalue weighted by atomic mass is 9.95. The molecule has 2 heterocycles. The highest BCUT2D eigenvalue weighted by atomic mass is 35.7. The Morgan fingerprint density at radius 1 is 1.38 bits per heavy atom. The summed E-state index contributed by atoms with van der Waals surface area (Å²) in [4.78, 5) is 11.4. The molecule has 2 bridgehead atoms. The number of benzene rings is 1. The van der Waals surface area contributed by atoms with Crippen LogP contribution in [0.4, 0.5) is 4.39 Å². The standard InChI is InChI=1S/C13H13ClFNO4S/c14-21(18,19)12-5-7(1-3-9(12)15)13(17)16-10-6-8-2-4-11(10)20-8/h1,3,5,8,10-11H,2,4,6H2,(H,16,17). The first-order valence-corrected chi connectivity index (χ1v) is 8.86. The monoisotopic (exact) mass is 333 g/mol. The minimum absolute atomic E-state index is 0.00984. The molecule has 3 atom stereocenters. The van der Waals surface area contributed by atoms with E-state index in [1.165, 1.54) is 6.07 Å². The van der Waals surface area contributed by atoms with Crippen LogP contribution in [-0.2, 0) is 13.8 Å². The van der Waals surface area contributed by atoms with Gasteiger partial charge in [-0.05, 0) is 37.5 Å². The van der Waals surface area contributed by atoms with Crippen molar-refractivity contribution in [2.45, 2.75) is 42.4 Å². The van der Waals surface area contributed by atoms with Gasteiger partial charge in [-0.15, -0.1) is 0 Å². The van der Waals surface area contributed by atoms with Crippen LogP contribution >= 0.6 is 10.7 Å². The Kier molecular flexibility index (Phi) is 3.67. The first kappa shape index (κ1) is 14.7. The average molecular weight is 334 g/mol. The topological polar surface area (TPSA) is 72.5 Å². The summed E-state index contributed by atoms with van der Waals surface area (Å²) in [5.74, 6) is -1.44. The third kappa shape index (κ3) is 2.90. The van der Waals surface area contributed by atoms with E-state index in [2.05, 4.69) is 5.32 Å². The fraction of sp³-hybridized carbons (Fsp3) is 0.462. The predicted octanol–water partition coefficient (Wildman–Crippen LogP) is 1.80. The summed E-state index contributed by atoms with van der Waals surface area (Å²) in [7, 11) is 0.910. The van der Waals surface area contributed by atoms with Crippen LogP contribution in [0.2, 0.25) is 0 Å². The summed E-state index contributed by atoms with van der Waals surface area (Å²) in [6, 6.07) is 3.00. The maximum Gasteiger partial charge on any atom is 0.264 e. The predicted molar refractivity (Wildman–Crippen MR) is 73.2 cm³/mol. The second-order valence-electron chi connectivity index (χ2n) is 5.27. The van der Waals surface area contributed by atoms with Gasteiger partial charge in [-0.1, -0.05) is 0 Å². The number of amides is 1. The van der Waals surface area contributed by atoms with Crippen LogP contribution in [0.5, 0.6) is 0 Å². The molecule has 3 unspecified atom stereocenters. The lowest BCUT2D eigenvalue weighted by Crippen LogP contribution is -2.41. The number of carbonyl (C=O) groups is 1. The van der Waals surface area contributed by atoms with E-state index in [0.29, 0.717) is 0 Å². The zero-order valence-corrected chi connectivity index (χ0v) is 12.5. The van der Waals surface area contributed by atoms with Crippen molar-refractivity contribution >= 4 is 25.6 Å². The smallest absolute Gasteiger partial charge is 0.264 e. The molecule has 3 rings (SSSR count). The van der Waals surface area contributed by atoms with Crippen molar-refractivity contribution in [1.29, 1.82) is 0 Å². The number of hydrogen-bond donors (Lipinski definition) is 1. The van der Waals surface area contributed by atoms with Gasteiger partial charge in [0.05, 0.1) is 18.2 Å². The minimum Gasteiger partial charge on any atom is -0.373 e. The van der Waals surface area contributed by atoms with Gasteiger partial charge in [0.25, 0.3) is 15.0 Å². The molecule has 2 fully saturated rings. The number of hydrogen-bond acceptors (Lipinski definition) is 4. The molecule has 5 nitrogen and oxygen atoms in total. The number of halogens is 2. The number of ether oxygens (including phenoxy) is 1. The molecule has 21 heavy (non-hydrogen) atoms. The molecule has 0 aliphatic carbocycles. The molecule has 2 aliphatic heterocycles. The lowest BCUT2D eigenvalue weighted by molar-refractivity contribution is 0.0840. The highest BCUT2D eigenvalue weighted by molar-refractivity contribution is 8.13. The average Bonchev–Trinajstić information content (AvgIpc) is 3.00. The molecule has 8 heteroatoms. The van der Waals surface area contributed by atoms with Crippen molar-refractivity contribution in [1.82, 2.24) is 5.32 Å². The van der Waals surface area contributed by atoms with Gasteiger partial charge in [0.1, 0.15) is 10.7 Å². The number of nitrogens with one attached hydrogen (secondary N) is 1. The molecule has 0 saturated carbocycles. The number of carbonyl (C=O) groups excluding carboxylic acids is 1. The van der Waals surface area contributed by atoms with Gasteiger partial charge in [0.2, 0.25) is 0 Å². The number of fused-ring (bicyclic) bond motifs is 2. The maximum atomic E-state index is 13.4. The van der Waals surface area contributed by atoms with E-state index in [4.69, 9.17) is 15.4 Å². The first-order valence-electron chi connectivity index (χ1n) is 6.55. The van der Waals surface area contributed by atoms with Gasteiger partial charge < -0.3 is 10.1 Å². The first-order chi connectivity index (χ1) is 9.84. The Labute approximate surface area is 125 Å². The fourth-order valence-corrected chi connectivity index (χ4v) is 3.80. The molecule has 0 radical (unpaired) electrons. The Bertz CT molecular complexity index is 693. The molecule has 1 aromatic carbocycles. The van der Waals surface area contributed by atoms with Crippen molar-refractivity contribution < 1.29 is 22.3 Å². The van der Waals surface area contributed by atoms with E-state index in [0.717, 1.165) is 31.4 Å². The normalized spacial score (nSPS) is 27.8. The Balaban J connectivity index is 1.79. The molecule has 0 aromatic heterocycles. The molecule has 2 aliphatic rings. The molecule has 1 amide bonds. The third-order valence-corrected chi connectivity index (χ3v) is 5.22. The van der Waals surface area contributed by atoms with Gasteiger partial charge >= 0.3 is 0 Å². The second-order valence-corrected chi connectivity index (χ2v) is 7.81. The zero-order chi connectivity index (χ0) is 15.2. The quantitative estimate of drug-likeness (QED) is 0.856. The van der Waals surface area contributed by atoms with E-state index < -0.39 is 25.7 Å². The Morgan fingerprint density at radius 2 is 2.14 bits per heavy atom. The zero-order valence-electron chi connectivity index (χ0n) is 10.9. The van der Waals surface area contributed by atoms with Crippen molar-refractivity contribution in [3.63, 3.8) is 0 Å². The van der Waals surface area contributed by atoms with Crippen LogP contribution in [0.15, 0.2) is 23.1 Å². The van der Waals surface area contributed by atoms with Gasteiger partial charge in [-0.25, -0.2) is 12.8 Å². The molecule has 1 aromatic rings. The minimum atomic E-state index is -4.23. The summed E-state index contributed by atoms with van der Waals surface area (Å²) in [6.45, 7) is 0. The van der Waals surface area contributed by atoms with E-state index >= 15 is 0 Å². The number of rotatable bonds is 3. The molecular weight excluding hydrogens is 321 g/mol. The van der Waals surface area contributed by atoms with Crippen LogP contribution in [0.3, 0.4) is 0 Å². The second kappa shape index (κ2) is 5.23. The van der Waals surface area contributed by atoms with Crippen LogP contribution < -0.4 is 5.32 Å². The van der Waals surface area contributed by atoms with Crippen LogP contribution in [0, 0.1) is 5.82 Å². The van der Waals surface area contributed by atoms with Crippen LogP contribution in [0.1, 0.15) is 29.6 Å². The molecule has 1 N–H and O–H groups in total. The van der Waals surface area contributed by atoms with Crippen molar-refractivity contribution in [2.75, 3.05) is 0 Å². The van der Waals surface area contributed by atoms with Crippen LogP contribution in [0.25, 0.3) is 0 Å². The van der Waals surface area contributed by atoms with Gasteiger partial charge in [-0.2, -0.15) is 0 Å². The summed E-state index contributed by atoms with van der Waals surface area (Å²) in [5.41, 5.74) is 0.0541. The van der Waals surface area contributed by atoms with E-state index in [1.54, 1.807) is 0 Å². The Hall–Kier alpha value is -1.18. The molecule has 0 spiro atoms. The van der Waals surface area contributed by atoms with E-state index in [9.17, 15) is 17.6 Å². The van der Waals surface area contributed by atoms with Gasteiger partial charge in [0.15, 0.2) is 0 Å². The molecule has 2 saturated heterocycles. The highest BCUT2D eigenvalue weighted by Gasteiger charge is 2.41. The largest absolute Gasteiger partial charge is 0.373 e. The van der Waals surface area contributed by atoms with E-state index in [-0.39, 0.29) is 23.8 Å². The highest BCUT2D eigenvalue weighted by Crippen LogP contribution is 2.34. The lowest BCUT2D eigenvalue weighted by Gasteiger charge is -2.20. The molecule has 114 valence electrons. The van der Waals surface area contributed by atoms with Crippen molar-refractivity contribution in [2.24, 2.45) is 0 Å². The Morgan fingerprint density at radius 3 is 2.71 bits per heavy atom. The van der Waals surface area contributed by atoms with Crippen molar-refractivity contribution in [3.05, 3.63) is 29.6 Å². The fourth-order valence-electron chi connectivity index (χ4n) is 2.87. The maximum absolute atomic E-state index is 13.4. The third-order valence-electron chi connectivity index (χ3n) is 3.88. The van der Waals surface area contributed by atoms with Gasteiger partial charge in [-0.3, -0.25) is 4.79 Å². The summed E-state index contributed by atoms with van der Waals surface area (Å²) in [6.07, 6.45) is 2.85. The van der Waals surface area contributed by atoms with Crippen LogP contribution in [-0.4, -0.2) is 32.6 Å². The summed E-state index contributed by atoms with van der Waals surface area (Å²) >= 11 is 0. The summed E-state index contributed by atoms with van der Waals surface area (Å²) in [5, 5.41) is 2.80. The summed E-state index contributed by atoms with van der Waals surface area (Å²) < 4.78 is 41.6.